The van der Waals surface area contributed by atoms with Crippen molar-refractivity contribution in [3.63, 3.8) is 0 Å². The summed E-state index contributed by atoms with van der Waals surface area (Å²) in [4.78, 5) is 37.8. The molecule has 9 heteroatoms. The van der Waals surface area contributed by atoms with E-state index in [0.717, 1.165) is 61.3 Å². The second kappa shape index (κ2) is 12.4. The van der Waals surface area contributed by atoms with Crippen LogP contribution in [0.3, 0.4) is 0 Å². The number of carbonyl (C=O) groups is 2. The topological polar surface area (TPSA) is 99.7 Å². The summed E-state index contributed by atoms with van der Waals surface area (Å²) < 4.78 is 5.26. The lowest BCUT2D eigenvalue weighted by Gasteiger charge is -2.40. The number of piperidine rings is 1. The van der Waals surface area contributed by atoms with Crippen LogP contribution in [-0.2, 0) is 14.3 Å². The standard InChI is InChI=1S/C30H36N6O3/c1-21-18-36(19-29(38)39-21)25-12-15-35(16-13-25)14-6-9-28(37)34-24-10-11-27-26(17-24)30(32-20-31-27)33-22(2)23-7-4-3-5-8-23/h3-11,17,20-22,25H,12-16,18-19H2,1-2H3,(H,34,37)(H,31,32,33)/t21?,22-/m1/s1. The van der Waals surface area contributed by atoms with Gasteiger partial charge in [-0.2, -0.15) is 0 Å². The third kappa shape index (κ3) is 6.99. The fourth-order valence-corrected chi connectivity index (χ4v) is 5.38. The number of hydrogen-bond acceptors (Lipinski definition) is 8. The molecular formula is C30H36N6O3. The fraction of sp³-hybridized carbons (Fsp3) is 0.400. The van der Waals surface area contributed by atoms with Crippen molar-refractivity contribution in [2.75, 3.05) is 43.4 Å². The number of cyclic esters (lactones) is 1. The van der Waals surface area contributed by atoms with E-state index < -0.39 is 0 Å². The summed E-state index contributed by atoms with van der Waals surface area (Å²) in [5.41, 5.74) is 2.66. The molecule has 2 atom stereocenters. The van der Waals surface area contributed by atoms with Gasteiger partial charge in [0.25, 0.3) is 0 Å². The summed E-state index contributed by atoms with van der Waals surface area (Å²) in [7, 11) is 0. The molecule has 0 aliphatic carbocycles. The zero-order valence-corrected chi connectivity index (χ0v) is 22.5. The molecule has 2 aliphatic heterocycles. The lowest BCUT2D eigenvalue weighted by Crippen LogP contribution is -2.52. The van der Waals surface area contributed by atoms with Crippen LogP contribution in [0.4, 0.5) is 11.5 Å². The monoisotopic (exact) mass is 528 g/mol. The van der Waals surface area contributed by atoms with Gasteiger partial charge in [-0.25, -0.2) is 9.97 Å². The molecule has 1 aromatic heterocycles. The SMILES string of the molecule is CC1CN(C2CCN(CC=CC(=O)Nc3ccc4ncnc(N[C@H](C)c5ccccc5)c4c3)CC2)CC(=O)O1. The lowest BCUT2D eigenvalue weighted by atomic mass is 10.0. The average Bonchev–Trinajstić information content (AvgIpc) is 2.93. The molecule has 2 fully saturated rings. The number of nitrogens with one attached hydrogen (secondary N) is 2. The molecule has 3 aromatic rings. The van der Waals surface area contributed by atoms with E-state index in [4.69, 9.17) is 4.74 Å². The highest BCUT2D eigenvalue weighted by Crippen LogP contribution is 2.26. The van der Waals surface area contributed by atoms with E-state index >= 15 is 0 Å². The van der Waals surface area contributed by atoms with E-state index in [1.165, 1.54) is 0 Å². The number of carbonyl (C=O) groups excluding carboxylic acids is 2. The van der Waals surface area contributed by atoms with Gasteiger partial charge in [-0.1, -0.05) is 36.4 Å². The number of nitrogens with zero attached hydrogens (tertiary/aromatic N) is 4. The Balaban J connectivity index is 1.13. The van der Waals surface area contributed by atoms with Crippen LogP contribution in [-0.4, -0.2) is 76.5 Å². The van der Waals surface area contributed by atoms with Gasteiger partial charge in [-0.05, 0) is 63.5 Å². The highest BCUT2D eigenvalue weighted by Gasteiger charge is 2.31. The molecule has 2 aromatic carbocycles. The Bertz CT molecular complexity index is 1320. The quantitative estimate of drug-likeness (QED) is 0.334. The summed E-state index contributed by atoms with van der Waals surface area (Å²) in [6.45, 7) is 7.84. The van der Waals surface area contributed by atoms with Crippen molar-refractivity contribution in [1.82, 2.24) is 19.8 Å². The third-order valence-corrected chi connectivity index (χ3v) is 7.42. The molecule has 0 bridgehead atoms. The fourth-order valence-electron chi connectivity index (χ4n) is 5.38. The molecule has 2 N–H and O–H groups in total. The summed E-state index contributed by atoms with van der Waals surface area (Å²) in [6, 6.07) is 16.3. The van der Waals surface area contributed by atoms with E-state index in [1.54, 1.807) is 12.4 Å². The van der Waals surface area contributed by atoms with E-state index in [-0.39, 0.29) is 24.0 Å². The molecule has 2 aliphatic rings. The predicted molar refractivity (Wildman–Crippen MR) is 152 cm³/mol. The number of amides is 1. The molecule has 1 amide bonds. The van der Waals surface area contributed by atoms with Crippen molar-refractivity contribution in [2.45, 2.75) is 44.9 Å². The average molecular weight is 529 g/mol. The summed E-state index contributed by atoms with van der Waals surface area (Å²) in [6.07, 6.45) is 7.04. The molecule has 39 heavy (non-hydrogen) atoms. The zero-order valence-electron chi connectivity index (χ0n) is 22.5. The summed E-state index contributed by atoms with van der Waals surface area (Å²) in [5.74, 6) is 0.426. The van der Waals surface area contributed by atoms with Crippen molar-refractivity contribution in [2.24, 2.45) is 0 Å². The number of ether oxygens (including phenoxy) is 1. The van der Waals surface area contributed by atoms with Crippen LogP contribution in [0.2, 0.25) is 0 Å². The van der Waals surface area contributed by atoms with Crippen molar-refractivity contribution in [3.8, 4) is 0 Å². The van der Waals surface area contributed by atoms with E-state index in [9.17, 15) is 9.59 Å². The maximum atomic E-state index is 12.6. The molecule has 204 valence electrons. The molecule has 2 saturated heterocycles. The summed E-state index contributed by atoms with van der Waals surface area (Å²) >= 11 is 0. The number of anilines is 2. The highest BCUT2D eigenvalue weighted by molar-refractivity contribution is 6.01. The molecule has 0 spiro atoms. The maximum absolute atomic E-state index is 12.6. The van der Waals surface area contributed by atoms with Gasteiger partial charge in [0, 0.05) is 42.3 Å². The minimum atomic E-state index is -0.172. The van der Waals surface area contributed by atoms with Gasteiger partial charge in [0.2, 0.25) is 5.91 Å². The molecule has 9 nitrogen and oxygen atoms in total. The van der Waals surface area contributed by atoms with Crippen LogP contribution < -0.4 is 10.6 Å². The van der Waals surface area contributed by atoms with Crippen molar-refractivity contribution in [3.05, 3.63) is 72.6 Å². The van der Waals surface area contributed by atoms with Crippen molar-refractivity contribution < 1.29 is 14.3 Å². The number of hydrogen-bond donors (Lipinski definition) is 2. The predicted octanol–water partition coefficient (Wildman–Crippen LogP) is 4.01. The number of likely N-dealkylation sites (tertiary alicyclic amines) is 1. The zero-order chi connectivity index (χ0) is 27.2. The molecule has 0 radical (unpaired) electrons. The van der Waals surface area contributed by atoms with E-state index in [2.05, 4.69) is 49.5 Å². The first-order valence-corrected chi connectivity index (χ1v) is 13.6. The first-order chi connectivity index (χ1) is 18.9. The van der Waals surface area contributed by atoms with Gasteiger partial charge in [0.05, 0.1) is 12.1 Å². The minimum Gasteiger partial charge on any atom is -0.460 e. The number of esters is 1. The Kier molecular flexibility index (Phi) is 8.48. The maximum Gasteiger partial charge on any atom is 0.320 e. The molecular weight excluding hydrogens is 492 g/mol. The van der Waals surface area contributed by atoms with Crippen LogP contribution in [0.5, 0.6) is 0 Å². The van der Waals surface area contributed by atoms with E-state index in [1.807, 2.05) is 49.4 Å². The minimum absolute atomic E-state index is 0.0402. The summed E-state index contributed by atoms with van der Waals surface area (Å²) in [5, 5.41) is 7.28. The van der Waals surface area contributed by atoms with Crippen LogP contribution in [0.1, 0.15) is 38.3 Å². The number of benzene rings is 2. The van der Waals surface area contributed by atoms with Gasteiger partial charge in [0.1, 0.15) is 18.2 Å². The smallest absolute Gasteiger partial charge is 0.320 e. The Morgan fingerprint density at radius 3 is 2.72 bits per heavy atom. The van der Waals surface area contributed by atoms with E-state index in [0.29, 0.717) is 18.3 Å². The number of morpholine rings is 1. The molecule has 0 saturated carbocycles. The Morgan fingerprint density at radius 2 is 1.95 bits per heavy atom. The van der Waals surface area contributed by atoms with Crippen LogP contribution in [0.25, 0.3) is 10.9 Å². The first-order valence-electron chi connectivity index (χ1n) is 13.6. The number of aromatic nitrogens is 2. The van der Waals surface area contributed by atoms with Crippen LogP contribution in [0.15, 0.2) is 67.0 Å². The Hall–Kier alpha value is -3.82. The molecule has 3 heterocycles. The lowest BCUT2D eigenvalue weighted by molar-refractivity contribution is -0.159. The largest absolute Gasteiger partial charge is 0.460 e. The van der Waals surface area contributed by atoms with Crippen LogP contribution >= 0.6 is 0 Å². The number of fused-ring (bicyclic) bond motifs is 1. The Morgan fingerprint density at radius 1 is 1.15 bits per heavy atom. The second-order valence-electron chi connectivity index (χ2n) is 10.4. The first kappa shape index (κ1) is 26.8. The second-order valence-corrected chi connectivity index (χ2v) is 10.4. The molecule has 1 unspecified atom stereocenters. The van der Waals surface area contributed by atoms with Gasteiger partial charge in [-0.15, -0.1) is 0 Å². The van der Waals surface area contributed by atoms with Gasteiger partial charge >= 0.3 is 5.97 Å². The van der Waals surface area contributed by atoms with Crippen LogP contribution in [0, 0.1) is 0 Å². The number of rotatable bonds is 8. The van der Waals surface area contributed by atoms with Gasteiger partial charge in [-0.3, -0.25) is 19.4 Å². The van der Waals surface area contributed by atoms with Gasteiger partial charge < -0.3 is 15.4 Å². The third-order valence-electron chi connectivity index (χ3n) is 7.42. The van der Waals surface area contributed by atoms with Gasteiger partial charge in [0.15, 0.2) is 0 Å². The highest BCUT2D eigenvalue weighted by atomic mass is 16.5. The molecule has 5 rings (SSSR count). The van der Waals surface area contributed by atoms with Crippen molar-refractivity contribution >= 4 is 34.3 Å². The Labute approximate surface area is 229 Å². The van der Waals surface area contributed by atoms with Crippen molar-refractivity contribution in [1.29, 1.82) is 0 Å². The normalized spacial score (nSPS) is 20.2.